The predicted octanol–water partition coefficient (Wildman–Crippen LogP) is 3.36. The molecule has 0 aromatic heterocycles. The molecule has 1 heterocycles. The van der Waals surface area contributed by atoms with E-state index in [1.54, 1.807) is 11.8 Å². The van der Waals surface area contributed by atoms with Crippen molar-refractivity contribution in [1.82, 2.24) is 15.1 Å². The number of hydrogen-bond donors (Lipinski definition) is 2. The van der Waals surface area contributed by atoms with Gasteiger partial charge in [0.05, 0.1) is 0 Å². The number of rotatable bonds is 7. The highest BCUT2D eigenvalue weighted by molar-refractivity contribution is 7.99. The molecule has 0 saturated carbocycles. The number of alkyl carbamates (subject to hydrolysis) is 1. The van der Waals surface area contributed by atoms with Gasteiger partial charge >= 0.3 is 12.2 Å². The number of ether oxygens (including phenoxy) is 1. The van der Waals surface area contributed by atoms with Crippen LogP contribution in [0, 0.1) is 0 Å². The predicted molar refractivity (Wildman–Crippen MR) is 111 cm³/mol. The Morgan fingerprint density at radius 1 is 1.18 bits per heavy atom. The molecule has 0 spiro atoms. The topological polar surface area (TPSA) is 82.1 Å². The summed E-state index contributed by atoms with van der Waals surface area (Å²) in [5.41, 5.74) is -0.533. The van der Waals surface area contributed by atoms with Crippen molar-refractivity contribution in [2.45, 2.75) is 43.7 Å². The Kier molecular flexibility index (Phi) is 8.44. The van der Waals surface area contributed by atoms with Crippen LogP contribution in [0.5, 0.6) is 0 Å². The Hall–Kier alpha value is -1.93. The number of carboxylic acid groups (broad SMARTS) is 1. The third-order valence-electron chi connectivity index (χ3n) is 4.35. The zero-order chi connectivity index (χ0) is 20.6. The summed E-state index contributed by atoms with van der Waals surface area (Å²) in [7, 11) is 0. The fraction of sp³-hybridized carbons (Fsp3) is 0.600. The first kappa shape index (κ1) is 22.4. The van der Waals surface area contributed by atoms with Gasteiger partial charge in [0.15, 0.2) is 0 Å². The lowest BCUT2D eigenvalue weighted by molar-refractivity contribution is 0.0500. The summed E-state index contributed by atoms with van der Waals surface area (Å²) in [6.07, 6.45) is -0.475. The SMILES string of the molecule is CC(C)(C)OC(=O)N[C@H](CCN1CCN(C(=O)O)CC1)CSc1ccccc1. The minimum absolute atomic E-state index is 0.0300. The summed E-state index contributed by atoms with van der Waals surface area (Å²) >= 11 is 1.70. The first-order valence-electron chi connectivity index (χ1n) is 9.60. The van der Waals surface area contributed by atoms with Gasteiger partial charge in [-0.3, -0.25) is 4.90 Å². The summed E-state index contributed by atoms with van der Waals surface area (Å²) < 4.78 is 5.41. The number of thioether (sulfide) groups is 1. The number of piperazine rings is 1. The quantitative estimate of drug-likeness (QED) is 0.672. The van der Waals surface area contributed by atoms with E-state index in [0.29, 0.717) is 13.1 Å². The Balaban J connectivity index is 1.86. The van der Waals surface area contributed by atoms with E-state index in [9.17, 15) is 9.59 Å². The molecule has 0 aliphatic carbocycles. The maximum atomic E-state index is 12.2. The van der Waals surface area contributed by atoms with Crippen molar-refractivity contribution in [3.05, 3.63) is 30.3 Å². The number of benzene rings is 1. The molecule has 7 nitrogen and oxygen atoms in total. The van der Waals surface area contributed by atoms with Gasteiger partial charge in [-0.1, -0.05) is 18.2 Å². The fourth-order valence-electron chi connectivity index (χ4n) is 2.89. The monoisotopic (exact) mass is 409 g/mol. The standard InChI is InChI=1S/C20H31N3O4S/c1-20(2,3)27-18(24)21-16(15-28-17-7-5-4-6-8-17)9-10-22-11-13-23(14-12-22)19(25)26/h4-8,16H,9-15H2,1-3H3,(H,21,24)(H,25,26)/t16-/m1/s1. The maximum Gasteiger partial charge on any atom is 0.407 e. The molecule has 0 radical (unpaired) electrons. The molecule has 0 unspecified atom stereocenters. The van der Waals surface area contributed by atoms with Crippen molar-refractivity contribution in [3.63, 3.8) is 0 Å². The molecule has 1 aromatic rings. The van der Waals surface area contributed by atoms with Gasteiger partial charge in [0.2, 0.25) is 0 Å². The summed E-state index contributed by atoms with van der Waals surface area (Å²) in [6, 6.07) is 10.1. The molecule has 0 bridgehead atoms. The van der Waals surface area contributed by atoms with Crippen molar-refractivity contribution in [3.8, 4) is 0 Å². The lowest BCUT2D eigenvalue weighted by Crippen LogP contribution is -2.49. The van der Waals surface area contributed by atoms with Gasteiger partial charge in [0.1, 0.15) is 5.60 Å². The molecule has 2 rings (SSSR count). The molecule has 1 aliphatic heterocycles. The van der Waals surface area contributed by atoms with Crippen molar-refractivity contribution in [1.29, 1.82) is 0 Å². The van der Waals surface area contributed by atoms with E-state index in [0.717, 1.165) is 36.7 Å². The molecular formula is C20H31N3O4S. The van der Waals surface area contributed by atoms with Crippen LogP contribution in [0.15, 0.2) is 35.2 Å². The van der Waals surface area contributed by atoms with Gasteiger partial charge in [-0.05, 0) is 39.3 Å². The minimum atomic E-state index is -0.858. The Labute approximate surface area is 171 Å². The van der Waals surface area contributed by atoms with E-state index < -0.39 is 17.8 Å². The van der Waals surface area contributed by atoms with Crippen LogP contribution < -0.4 is 5.32 Å². The van der Waals surface area contributed by atoms with Gasteiger partial charge in [0, 0.05) is 49.4 Å². The van der Waals surface area contributed by atoms with Crippen LogP contribution in [0.3, 0.4) is 0 Å². The molecule has 1 aromatic carbocycles. The number of nitrogens with one attached hydrogen (secondary N) is 1. The lowest BCUT2D eigenvalue weighted by Gasteiger charge is -2.34. The molecule has 1 aliphatic rings. The highest BCUT2D eigenvalue weighted by Gasteiger charge is 2.23. The number of carbonyl (C=O) groups excluding carboxylic acids is 1. The van der Waals surface area contributed by atoms with Gasteiger partial charge < -0.3 is 20.1 Å². The van der Waals surface area contributed by atoms with Crippen LogP contribution in [0.4, 0.5) is 9.59 Å². The second-order valence-corrected chi connectivity index (χ2v) is 8.96. The van der Waals surface area contributed by atoms with Gasteiger partial charge in [-0.15, -0.1) is 11.8 Å². The van der Waals surface area contributed by atoms with Crippen LogP contribution in [0.2, 0.25) is 0 Å². The van der Waals surface area contributed by atoms with Crippen molar-refractivity contribution in [2.24, 2.45) is 0 Å². The maximum absolute atomic E-state index is 12.2. The molecule has 156 valence electrons. The normalized spacial score (nSPS) is 16.5. The van der Waals surface area contributed by atoms with Crippen LogP contribution in [-0.2, 0) is 4.74 Å². The third-order valence-corrected chi connectivity index (χ3v) is 5.53. The van der Waals surface area contributed by atoms with E-state index in [1.165, 1.54) is 4.90 Å². The minimum Gasteiger partial charge on any atom is -0.465 e. The van der Waals surface area contributed by atoms with Crippen molar-refractivity contribution >= 4 is 23.9 Å². The molecular weight excluding hydrogens is 378 g/mol. The fourth-order valence-corrected chi connectivity index (χ4v) is 3.88. The molecule has 2 amide bonds. The van der Waals surface area contributed by atoms with Gasteiger partial charge in [0.25, 0.3) is 0 Å². The van der Waals surface area contributed by atoms with Crippen molar-refractivity contribution < 1.29 is 19.4 Å². The Bertz CT molecular complexity index is 628. The first-order valence-corrected chi connectivity index (χ1v) is 10.6. The third kappa shape index (κ3) is 8.39. The smallest absolute Gasteiger partial charge is 0.407 e. The Morgan fingerprint density at radius 2 is 1.82 bits per heavy atom. The number of carbonyl (C=O) groups is 2. The lowest BCUT2D eigenvalue weighted by atomic mass is 10.2. The van der Waals surface area contributed by atoms with E-state index in [1.807, 2.05) is 39.0 Å². The van der Waals surface area contributed by atoms with E-state index >= 15 is 0 Å². The summed E-state index contributed by atoms with van der Waals surface area (Å²) in [5.74, 6) is 0.748. The number of hydrogen-bond acceptors (Lipinski definition) is 5. The van der Waals surface area contributed by atoms with Crippen LogP contribution in [0.25, 0.3) is 0 Å². The average Bonchev–Trinajstić information content (AvgIpc) is 2.63. The van der Waals surface area contributed by atoms with E-state index in [-0.39, 0.29) is 6.04 Å². The summed E-state index contributed by atoms with van der Waals surface area (Å²) in [5, 5.41) is 12.1. The number of nitrogens with zero attached hydrogens (tertiary/aromatic N) is 2. The van der Waals surface area contributed by atoms with Gasteiger partial charge in [-0.25, -0.2) is 9.59 Å². The number of amides is 2. The largest absolute Gasteiger partial charge is 0.465 e. The molecule has 28 heavy (non-hydrogen) atoms. The zero-order valence-corrected chi connectivity index (χ0v) is 17.7. The van der Waals surface area contributed by atoms with Crippen molar-refractivity contribution in [2.75, 3.05) is 38.5 Å². The van der Waals surface area contributed by atoms with Crippen LogP contribution in [-0.4, -0.2) is 77.2 Å². The second-order valence-electron chi connectivity index (χ2n) is 7.87. The first-order chi connectivity index (χ1) is 13.2. The summed E-state index contributed by atoms with van der Waals surface area (Å²) in [6.45, 7) is 8.85. The average molecular weight is 410 g/mol. The zero-order valence-electron chi connectivity index (χ0n) is 16.9. The highest BCUT2D eigenvalue weighted by Crippen LogP contribution is 2.19. The molecule has 2 N–H and O–H groups in total. The second kappa shape index (κ2) is 10.6. The highest BCUT2D eigenvalue weighted by atomic mass is 32.2. The van der Waals surface area contributed by atoms with Crippen LogP contribution >= 0.6 is 11.8 Å². The summed E-state index contributed by atoms with van der Waals surface area (Å²) in [4.78, 5) is 28.1. The molecule has 1 saturated heterocycles. The molecule has 1 atom stereocenters. The van der Waals surface area contributed by atoms with E-state index in [4.69, 9.17) is 9.84 Å². The van der Waals surface area contributed by atoms with E-state index in [2.05, 4.69) is 22.3 Å². The Morgan fingerprint density at radius 3 is 2.39 bits per heavy atom. The van der Waals surface area contributed by atoms with Crippen LogP contribution in [0.1, 0.15) is 27.2 Å². The molecule has 1 fully saturated rings. The molecule has 8 heteroatoms. The van der Waals surface area contributed by atoms with Gasteiger partial charge in [-0.2, -0.15) is 0 Å².